The largest absolute Gasteiger partial charge is 0.480 e. The molecule has 9 heteroatoms. The van der Waals surface area contributed by atoms with Crippen molar-refractivity contribution in [2.45, 2.75) is 6.61 Å². The molecule has 9 nitrogen and oxygen atoms in total. The lowest BCUT2D eigenvalue weighted by molar-refractivity contribution is -0.148. The van der Waals surface area contributed by atoms with Crippen molar-refractivity contribution in [1.29, 1.82) is 0 Å². The van der Waals surface area contributed by atoms with E-state index in [0.29, 0.717) is 6.29 Å². The van der Waals surface area contributed by atoms with E-state index in [4.69, 9.17) is 14.9 Å². The number of aliphatic carboxylic acids is 2. The van der Waals surface area contributed by atoms with Crippen LogP contribution < -0.4 is 0 Å². The Balaban J connectivity index is 2.53. The van der Waals surface area contributed by atoms with Gasteiger partial charge in [-0.2, -0.15) is 0 Å². The van der Waals surface area contributed by atoms with Gasteiger partial charge < -0.3 is 19.7 Å². The van der Waals surface area contributed by atoms with Gasteiger partial charge in [-0.15, -0.1) is 0 Å². The topological polar surface area (TPSA) is 124 Å². The second-order valence-corrected chi connectivity index (χ2v) is 5.55. The Morgan fingerprint density at radius 2 is 1.50 bits per heavy atom. The van der Waals surface area contributed by atoms with Crippen molar-refractivity contribution in [1.82, 2.24) is 9.80 Å². The molecule has 0 fully saturated rings. The van der Waals surface area contributed by atoms with Crippen LogP contribution in [-0.2, 0) is 30.5 Å². The molecule has 0 amide bonds. The zero-order valence-electron chi connectivity index (χ0n) is 14.2. The van der Waals surface area contributed by atoms with Gasteiger partial charge in [0.2, 0.25) is 0 Å². The highest BCUT2D eigenvalue weighted by Crippen LogP contribution is 2.02. The van der Waals surface area contributed by atoms with Crippen molar-refractivity contribution in [3.63, 3.8) is 0 Å². The van der Waals surface area contributed by atoms with E-state index >= 15 is 0 Å². The first-order valence-corrected chi connectivity index (χ1v) is 7.92. The van der Waals surface area contributed by atoms with Crippen molar-refractivity contribution < 1.29 is 34.1 Å². The number of carboxylic acids is 2. The fourth-order valence-corrected chi connectivity index (χ4v) is 2.19. The minimum atomic E-state index is -1.12. The molecule has 2 N–H and O–H groups in total. The first-order valence-electron chi connectivity index (χ1n) is 7.92. The van der Waals surface area contributed by atoms with E-state index in [9.17, 15) is 19.2 Å². The summed E-state index contributed by atoms with van der Waals surface area (Å²) >= 11 is 0. The summed E-state index contributed by atoms with van der Waals surface area (Å²) in [5.74, 6) is -2.81. The smallest absolute Gasteiger partial charge is 0.320 e. The van der Waals surface area contributed by atoms with Crippen LogP contribution in [0.15, 0.2) is 30.3 Å². The number of aldehydes is 1. The monoisotopic (exact) mass is 366 g/mol. The third kappa shape index (κ3) is 9.50. The number of hydrogen-bond donors (Lipinski definition) is 2. The van der Waals surface area contributed by atoms with Crippen LogP contribution >= 0.6 is 0 Å². The number of carbonyl (C=O) groups is 4. The molecular weight excluding hydrogens is 344 g/mol. The zero-order valence-corrected chi connectivity index (χ0v) is 14.2. The number of benzene rings is 1. The van der Waals surface area contributed by atoms with Gasteiger partial charge in [0.1, 0.15) is 12.9 Å². The molecule has 0 aromatic heterocycles. The summed E-state index contributed by atoms with van der Waals surface area (Å²) in [7, 11) is 0. The predicted molar refractivity (Wildman–Crippen MR) is 90.5 cm³/mol. The van der Waals surface area contributed by atoms with Crippen molar-refractivity contribution >= 4 is 24.2 Å². The van der Waals surface area contributed by atoms with Crippen LogP contribution in [0.3, 0.4) is 0 Å². The van der Waals surface area contributed by atoms with Gasteiger partial charge in [0, 0.05) is 13.1 Å². The number of carbonyl (C=O) groups excluding carboxylic acids is 2. The molecule has 142 valence electrons. The van der Waals surface area contributed by atoms with E-state index in [-0.39, 0.29) is 39.3 Å². The zero-order chi connectivity index (χ0) is 19.4. The second-order valence-electron chi connectivity index (χ2n) is 5.55. The first-order chi connectivity index (χ1) is 12.4. The molecule has 0 saturated heterocycles. The molecule has 0 aliphatic carbocycles. The van der Waals surface area contributed by atoms with Crippen molar-refractivity contribution in [3.05, 3.63) is 35.9 Å². The second kappa shape index (κ2) is 11.7. The lowest BCUT2D eigenvalue weighted by Gasteiger charge is -2.23. The molecule has 0 radical (unpaired) electrons. The average molecular weight is 366 g/mol. The minimum absolute atomic E-state index is 0.0802. The van der Waals surface area contributed by atoms with Crippen molar-refractivity contribution in [3.8, 4) is 0 Å². The van der Waals surface area contributed by atoms with Crippen molar-refractivity contribution in [2.75, 3.05) is 39.3 Å². The Morgan fingerprint density at radius 1 is 0.923 bits per heavy atom. The average Bonchev–Trinajstić information content (AvgIpc) is 2.58. The summed E-state index contributed by atoms with van der Waals surface area (Å²) in [6, 6.07) is 9.05. The summed E-state index contributed by atoms with van der Waals surface area (Å²) in [5.41, 5.74) is 0.809. The van der Waals surface area contributed by atoms with E-state index in [1.54, 1.807) is 12.1 Å². The van der Waals surface area contributed by atoms with Crippen LogP contribution in [0.5, 0.6) is 0 Å². The molecule has 0 bridgehead atoms. The lowest BCUT2D eigenvalue weighted by Crippen LogP contribution is -2.42. The normalized spacial score (nSPS) is 10.7. The van der Waals surface area contributed by atoms with Crippen LogP contribution in [0.25, 0.3) is 0 Å². The van der Waals surface area contributed by atoms with Gasteiger partial charge in [0.25, 0.3) is 0 Å². The summed E-state index contributed by atoms with van der Waals surface area (Å²) in [6.07, 6.45) is 0.568. The van der Waals surface area contributed by atoms with Crippen LogP contribution in [-0.4, -0.2) is 83.5 Å². The van der Waals surface area contributed by atoms with Gasteiger partial charge in [-0.3, -0.25) is 24.2 Å². The summed E-state index contributed by atoms with van der Waals surface area (Å²) in [4.78, 5) is 46.9. The quantitative estimate of drug-likeness (QED) is 0.358. The maximum Gasteiger partial charge on any atom is 0.320 e. The van der Waals surface area contributed by atoms with E-state index < -0.39 is 24.5 Å². The number of esters is 1. The van der Waals surface area contributed by atoms with E-state index in [2.05, 4.69) is 0 Å². The predicted octanol–water partition coefficient (Wildman–Crippen LogP) is -0.298. The molecule has 0 aliphatic rings. The summed E-state index contributed by atoms with van der Waals surface area (Å²) < 4.78 is 5.12. The third-order valence-electron chi connectivity index (χ3n) is 3.38. The van der Waals surface area contributed by atoms with Gasteiger partial charge in [-0.25, -0.2) is 0 Å². The SMILES string of the molecule is O=CCN(CCN(CC(=O)O)CC(=O)OCc1ccccc1)CC(=O)O. The highest BCUT2D eigenvalue weighted by Gasteiger charge is 2.17. The number of hydrogen-bond acceptors (Lipinski definition) is 7. The fourth-order valence-electron chi connectivity index (χ4n) is 2.19. The Kier molecular flexibility index (Phi) is 9.58. The molecular formula is C17H22N2O7. The highest BCUT2D eigenvalue weighted by molar-refractivity contribution is 5.74. The van der Waals surface area contributed by atoms with Crippen molar-refractivity contribution in [2.24, 2.45) is 0 Å². The van der Waals surface area contributed by atoms with Gasteiger partial charge in [-0.1, -0.05) is 30.3 Å². The molecule has 0 saturated carbocycles. The Morgan fingerprint density at radius 3 is 2.08 bits per heavy atom. The maximum absolute atomic E-state index is 11.9. The van der Waals surface area contributed by atoms with Crippen LogP contribution in [0.4, 0.5) is 0 Å². The van der Waals surface area contributed by atoms with E-state index in [0.717, 1.165) is 5.56 Å². The van der Waals surface area contributed by atoms with E-state index in [1.807, 2.05) is 18.2 Å². The molecule has 26 heavy (non-hydrogen) atoms. The minimum Gasteiger partial charge on any atom is -0.480 e. The molecule has 0 heterocycles. The molecule has 1 aromatic rings. The fraction of sp³-hybridized carbons (Fsp3) is 0.412. The van der Waals surface area contributed by atoms with Crippen LogP contribution in [0, 0.1) is 0 Å². The Labute approximate surface area is 150 Å². The number of carboxylic acid groups (broad SMARTS) is 2. The molecule has 0 unspecified atom stereocenters. The van der Waals surface area contributed by atoms with E-state index in [1.165, 1.54) is 9.80 Å². The number of nitrogens with zero attached hydrogens (tertiary/aromatic N) is 2. The standard InChI is InChI=1S/C17H22N2O7/c20-9-8-18(10-15(21)22)6-7-19(11-16(23)24)12-17(25)26-13-14-4-2-1-3-5-14/h1-5,9H,6-8,10-13H2,(H,21,22)(H,23,24). The molecule has 0 atom stereocenters. The molecule has 1 rings (SSSR count). The van der Waals surface area contributed by atoms with Gasteiger partial charge >= 0.3 is 17.9 Å². The maximum atomic E-state index is 11.9. The van der Waals surface area contributed by atoms with Gasteiger partial charge in [0.05, 0.1) is 26.2 Å². The number of ether oxygens (including phenoxy) is 1. The summed E-state index contributed by atoms with van der Waals surface area (Å²) in [6.45, 7) is -0.775. The molecule has 1 aromatic carbocycles. The number of rotatable bonds is 13. The van der Waals surface area contributed by atoms with Gasteiger partial charge in [-0.05, 0) is 5.56 Å². The first kappa shape index (κ1) is 21.3. The van der Waals surface area contributed by atoms with Crippen LogP contribution in [0.1, 0.15) is 5.56 Å². The Bertz CT molecular complexity index is 606. The van der Waals surface area contributed by atoms with Crippen LogP contribution in [0.2, 0.25) is 0 Å². The third-order valence-corrected chi connectivity index (χ3v) is 3.38. The molecule has 0 spiro atoms. The summed E-state index contributed by atoms with van der Waals surface area (Å²) in [5, 5.41) is 17.8. The lowest BCUT2D eigenvalue weighted by atomic mass is 10.2. The van der Waals surface area contributed by atoms with Gasteiger partial charge in [0.15, 0.2) is 0 Å². The highest BCUT2D eigenvalue weighted by atomic mass is 16.5. The Hall–Kier alpha value is -2.78. The molecule has 0 aliphatic heterocycles.